The number of nitrogens with one attached hydrogen (secondary N) is 1. The summed E-state index contributed by atoms with van der Waals surface area (Å²) in [4.78, 5) is 22.1. The van der Waals surface area contributed by atoms with Gasteiger partial charge in [0.05, 0.1) is 6.04 Å². The first-order valence-electron chi connectivity index (χ1n) is 8.39. The maximum atomic E-state index is 12.4. The van der Waals surface area contributed by atoms with Gasteiger partial charge in [0.25, 0.3) is 0 Å². The topological polar surface area (TPSA) is 48.5 Å². The highest BCUT2D eigenvalue weighted by atomic mass is 32.1. The predicted molar refractivity (Wildman–Crippen MR) is 98.4 cm³/mol. The van der Waals surface area contributed by atoms with Crippen LogP contribution in [0.2, 0.25) is 0 Å². The van der Waals surface area contributed by atoms with Gasteiger partial charge in [-0.3, -0.25) is 0 Å². The van der Waals surface area contributed by atoms with Crippen molar-refractivity contribution in [1.29, 1.82) is 0 Å². The van der Waals surface area contributed by atoms with E-state index in [0.717, 1.165) is 24.5 Å². The van der Waals surface area contributed by atoms with Crippen LogP contribution in [-0.4, -0.2) is 36.1 Å². The highest BCUT2D eigenvalue weighted by Gasteiger charge is 2.18. The van der Waals surface area contributed by atoms with Gasteiger partial charge in [0.1, 0.15) is 5.82 Å². The maximum Gasteiger partial charge on any atom is 0.317 e. The van der Waals surface area contributed by atoms with Crippen molar-refractivity contribution in [1.82, 2.24) is 15.2 Å². The van der Waals surface area contributed by atoms with E-state index in [9.17, 15) is 4.79 Å². The lowest BCUT2D eigenvalue weighted by molar-refractivity contribution is 0.194. The number of hydrogen-bond donors (Lipinski definition) is 1. The molecule has 1 unspecified atom stereocenters. The van der Waals surface area contributed by atoms with Gasteiger partial charge in [0.2, 0.25) is 0 Å². The lowest BCUT2D eigenvalue weighted by atomic mass is 10.2. The minimum Gasteiger partial charge on any atom is -0.357 e. The van der Waals surface area contributed by atoms with Crippen LogP contribution in [0.1, 0.15) is 36.2 Å². The van der Waals surface area contributed by atoms with Crippen molar-refractivity contribution < 1.29 is 4.79 Å². The Labute approximate surface area is 147 Å². The summed E-state index contributed by atoms with van der Waals surface area (Å²) in [6.07, 6.45) is 4.29. The van der Waals surface area contributed by atoms with Crippen LogP contribution in [0.5, 0.6) is 0 Å². The summed E-state index contributed by atoms with van der Waals surface area (Å²) in [5.74, 6) is 1.01. The van der Waals surface area contributed by atoms with E-state index in [2.05, 4.69) is 27.3 Å². The first kappa shape index (κ1) is 16.8. The quantitative estimate of drug-likeness (QED) is 0.901. The van der Waals surface area contributed by atoms with E-state index in [-0.39, 0.29) is 12.1 Å². The molecule has 1 aliphatic rings. The van der Waals surface area contributed by atoms with Crippen molar-refractivity contribution in [3.05, 3.63) is 46.3 Å². The Morgan fingerprint density at radius 3 is 2.92 bits per heavy atom. The highest BCUT2D eigenvalue weighted by Crippen LogP contribution is 2.23. The zero-order chi connectivity index (χ0) is 16.9. The number of hydrogen-bond acceptors (Lipinski definition) is 4. The number of nitrogens with zero attached hydrogens (tertiary/aromatic N) is 3. The van der Waals surface area contributed by atoms with Crippen molar-refractivity contribution in [2.75, 3.05) is 25.0 Å². The van der Waals surface area contributed by atoms with Crippen molar-refractivity contribution in [3.63, 3.8) is 0 Å². The average Bonchev–Trinajstić information content (AvgIpc) is 3.32. The Morgan fingerprint density at radius 1 is 1.42 bits per heavy atom. The van der Waals surface area contributed by atoms with E-state index in [1.54, 1.807) is 16.2 Å². The van der Waals surface area contributed by atoms with E-state index in [4.69, 9.17) is 0 Å². The number of rotatable bonds is 5. The van der Waals surface area contributed by atoms with Crippen molar-refractivity contribution in [2.45, 2.75) is 32.4 Å². The number of thiophene rings is 1. The lowest BCUT2D eigenvalue weighted by Crippen LogP contribution is -2.38. The summed E-state index contributed by atoms with van der Waals surface area (Å²) in [6.45, 7) is 4.71. The first-order valence-corrected chi connectivity index (χ1v) is 9.27. The molecule has 5 nitrogen and oxygen atoms in total. The Hall–Kier alpha value is -2.08. The SMILES string of the molecule is CC(c1cccs1)N(C)C(=O)NCc1ccnc(N2CCCC2)c1. The van der Waals surface area contributed by atoms with Crippen LogP contribution in [0.15, 0.2) is 35.8 Å². The van der Waals surface area contributed by atoms with Gasteiger partial charge in [-0.1, -0.05) is 6.07 Å². The van der Waals surface area contributed by atoms with Gasteiger partial charge in [-0.2, -0.15) is 0 Å². The molecule has 3 rings (SSSR count). The molecule has 128 valence electrons. The van der Waals surface area contributed by atoms with Crippen LogP contribution in [-0.2, 0) is 6.54 Å². The number of carbonyl (C=O) groups excluding carboxylic acids is 1. The third-order valence-electron chi connectivity index (χ3n) is 4.54. The molecule has 0 aliphatic carbocycles. The smallest absolute Gasteiger partial charge is 0.317 e. The molecular weight excluding hydrogens is 320 g/mol. The number of carbonyl (C=O) groups is 1. The molecule has 0 radical (unpaired) electrons. The Bertz CT molecular complexity index is 667. The molecule has 1 aliphatic heterocycles. The molecule has 2 amide bonds. The molecule has 1 saturated heterocycles. The zero-order valence-electron chi connectivity index (χ0n) is 14.2. The number of urea groups is 1. The van der Waals surface area contributed by atoms with Gasteiger partial charge in [-0.05, 0) is 48.9 Å². The third kappa shape index (κ3) is 3.87. The molecule has 0 saturated carbocycles. The minimum atomic E-state index is -0.0598. The van der Waals surface area contributed by atoms with E-state index < -0.39 is 0 Å². The van der Waals surface area contributed by atoms with Gasteiger partial charge >= 0.3 is 6.03 Å². The summed E-state index contributed by atoms with van der Waals surface area (Å²) in [6, 6.07) is 8.12. The molecule has 24 heavy (non-hydrogen) atoms. The van der Waals surface area contributed by atoms with Gasteiger partial charge in [0.15, 0.2) is 0 Å². The minimum absolute atomic E-state index is 0.0598. The van der Waals surface area contributed by atoms with Crippen LogP contribution < -0.4 is 10.2 Å². The molecule has 1 atom stereocenters. The number of pyridine rings is 1. The number of amides is 2. The summed E-state index contributed by atoms with van der Waals surface area (Å²) in [7, 11) is 1.84. The molecule has 0 bridgehead atoms. The molecule has 2 aromatic heterocycles. The summed E-state index contributed by atoms with van der Waals surface area (Å²) < 4.78 is 0. The highest BCUT2D eigenvalue weighted by molar-refractivity contribution is 7.10. The zero-order valence-corrected chi connectivity index (χ0v) is 15.1. The molecule has 3 heterocycles. The molecule has 2 aromatic rings. The molecule has 1 fully saturated rings. The Balaban J connectivity index is 1.57. The summed E-state index contributed by atoms with van der Waals surface area (Å²) in [5, 5.41) is 5.04. The fourth-order valence-electron chi connectivity index (χ4n) is 2.89. The normalized spacial score (nSPS) is 15.3. The molecule has 0 spiro atoms. The molecule has 6 heteroatoms. The Morgan fingerprint density at radius 2 is 2.21 bits per heavy atom. The summed E-state index contributed by atoms with van der Waals surface area (Å²) in [5.41, 5.74) is 1.08. The fourth-order valence-corrected chi connectivity index (χ4v) is 3.71. The molecule has 0 aromatic carbocycles. The molecular formula is C18H24N4OS. The molecule has 1 N–H and O–H groups in total. The Kier molecular flexibility index (Phi) is 5.35. The number of aromatic nitrogens is 1. The van der Waals surface area contributed by atoms with E-state index >= 15 is 0 Å². The second-order valence-corrected chi connectivity index (χ2v) is 7.16. The van der Waals surface area contributed by atoms with Crippen molar-refractivity contribution in [3.8, 4) is 0 Å². The summed E-state index contributed by atoms with van der Waals surface area (Å²) >= 11 is 1.67. The average molecular weight is 344 g/mol. The van der Waals surface area contributed by atoms with Gasteiger partial charge in [-0.25, -0.2) is 9.78 Å². The maximum absolute atomic E-state index is 12.4. The monoisotopic (exact) mass is 344 g/mol. The van der Waals surface area contributed by atoms with Crippen LogP contribution in [0.25, 0.3) is 0 Å². The van der Waals surface area contributed by atoms with Crippen molar-refractivity contribution >= 4 is 23.2 Å². The largest absolute Gasteiger partial charge is 0.357 e. The van der Waals surface area contributed by atoms with Gasteiger partial charge in [-0.15, -0.1) is 11.3 Å². The first-order chi connectivity index (χ1) is 11.6. The number of anilines is 1. The van der Waals surface area contributed by atoms with Crippen LogP contribution >= 0.6 is 11.3 Å². The second-order valence-electron chi connectivity index (χ2n) is 6.18. The lowest BCUT2D eigenvalue weighted by Gasteiger charge is -2.24. The predicted octanol–water partition coefficient (Wildman–Crippen LogP) is 3.65. The van der Waals surface area contributed by atoms with Crippen LogP contribution in [0.4, 0.5) is 10.6 Å². The standard InChI is InChI=1S/C18H24N4OS/c1-14(16-6-5-11-24-16)21(2)18(23)20-13-15-7-8-19-17(12-15)22-9-3-4-10-22/h5-8,11-12,14H,3-4,9-10,13H2,1-2H3,(H,20,23). The van der Waals surface area contributed by atoms with E-state index in [1.807, 2.05) is 37.7 Å². The fraction of sp³-hybridized carbons (Fsp3) is 0.444. The van der Waals surface area contributed by atoms with Gasteiger partial charge < -0.3 is 15.1 Å². The van der Waals surface area contributed by atoms with Crippen LogP contribution in [0.3, 0.4) is 0 Å². The second kappa shape index (κ2) is 7.66. The van der Waals surface area contributed by atoms with E-state index in [1.165, 1.54) is 17.7 Å². The third-order valence-corrected chi connectivity index (χ3v) is 5.58. The van der Waals surface area contributed by atoms with Gasteiger partial charge in [0, 0.05) is 37.8 Å². The van der Waals surface area contributed by atoms with E-state index in [0.29, 0.717) is 6.54 Å². The van der Waals surface area contributed by atoms with Crippen molar-refractivity contribution in [2.24, 2.45) is 0 Å². The van der Waals surface area contributed by atoms with Crippen LogP contribution in [0, 0.1) is 0 Å².